The second-order valence-corrected chi connectivity index (χ2v) is 5.16. The number of nitrogens with zero attached hydrogens (tertiary/aromatic N) is 3. The van der Waals surface area contributed by atoms with Gasteiger partial charge in [0.1, 0.15) is 24.3 Å². The molecule has 2 saturated heterocycles. The number of benzene rings is 1. The van der Waals surface area contributed by atoms with Crippen LogP contribution in [-0.4, -0.2) is 24.1 Å². The molecule has 4 nitrogen and oxygen atoms in total. The van der Waals surface area contributed by atoms with E-state index < -0.39 is 0 Å². The number of hydrogen-bond acceptors (Lipinski definition) is 4. The number of nitriles is 2. The van der Waals surface area contributed by atoms with Crippen LogP contribution in [0.4, 0.5) is 0 Å². The summed E-state index contributed by atoms with van der Waals surface area (Å²) in [6, 6.07) is 13.9. The van der Waals surface area contributed by atoms with E-state index in [1.165, 1.54) is 6.42 Å². The van der Waals surface area contributed by atoms with Gasteiger partial charge in [0.25, 0.3) is 0 Å². The molecular formula is C17H15N3O. The van der Waals surface area contributed by atoms with E-state index in [1.807, 2.05) is 48.5 Å². The van der Waals surface area contributed by atoms with Gasteiger partial charge in [-0.1, -0.05) is 30.3 Å². The molecule has 1 atom stereocenters. The monoisotopic (exact) mass is 277 g/mol. The van der Waals surface area contributed by atoms with Gasteiger partial charge in [-0.25, -0.2) is 0 Å². The standard InChI is InChI=1S/C17H15N3O/c18-10-14(11-19)16(13-5-2-1-3-6-13)9-17-20-8-4-7-15(20)12-21-17/h1-3,5-6,9,15H,4,7-8,12H2/b17-9-/t15-/m1/s1. The van der Waals surface area contributed by atoms with Gasteiger partial charge >= 0.3 is 0 Å². The predicted octanol–water partition coefficient (Wildman–Crippen LogP) is 2.82. The van der Waals surface area contributed by atoms with Crippen LogP contribution in [0.3, 0.4) is 0 Å². The zero-order valence-electron chi connectivity index (χ0n) is 11.6. The van der Waals surface area contributed by atoms with E-state index in [4.69, 9.17) is 4.74 Å². The number of fused-ring (bicyclic) bond motifs is 1. The summed E-state index contributed by atoms with van der Waals surface area (Å²) in [6.45, 7) is 1.68. The second kappa shape index (κ2) is 5.73. The molecule has 0 aliphatic carbocycles. The van der Waals surface area contributed by atoms with Gasteiger partial charge in [0.15, 0.2) is 5.88 Å². The van der Waals surface area contributed by atoms with Crippen LogP contribution in [-0.2, 0) is 4.74 Å². The van der Waals surface area contributed by atoms with Gasteiger partial charge < -0.3 is 9.64 Å². The number of hydrogen-bond donors (Lipinski definition) is 0. The Hall–Kier alpha value is -2.72. The smallest absolute Gasteiger partial charge is 0.190 e. The van der Waals surface area contributed by atoms with Gasteiger partial charge in [0.05, 0.1) is 6.04 Å². The normalized spacial score (nSPS) is 21.3. The number of allylic oxidation sites excluding steroid dienone is 3. The van der Waals surface area contributed by atoms with Gasteiger partial charge in [-0.2, -0.15) is 10.5 Å². The Balaban J connectivity index is 2.04. The molecular weight excluding hydrogens is 262 g/mol. The van der Waals surface area contributed by atoms with Crippen molar-refractivity contribution in [3.8, 4) is 12.1 Å². The summed E-state index contributed by atoms with van der Waals surface area (Å²) in [5.74, 6) is 0.777. The van der Waals surface area contributed by atoms with Crippen LogP contribution in [0.15, 0.2) is 47.9 Å². The molecule has 3 rings (SSSR count). The molecule has 1 aromatic rings. The van der Waals surface area contributed by atoms with Crippen LogP contribution in [0.2, 0.25) is 0 Å². The molecule has 2 aliphatic heterocycles. The Labute approximate surface area is 124 Å². The van der Waals surface area contributed by atoms with Crippen LogP contribution in [0, 0.1) is 22.7 Å². The van der Waals surface area contributed by atoms with Crippen molar-refractivity contribution in [2.75, 3.05) is 13.2 Å². The highest BCUT2D eigenvalue weighted by Crippen LogP contribution is 2.32. The Morgan fingerprint density at radius 1 is 1.24 bits per heavy atom. The van der Waals surface area contributed by atoms with Gasteiger partial charge in [0, 0.05) is 18.2 Å². The van der Waals surface area contributed by atoms with Crippen LogP contribution in [0.5, 0.6) is 0 Å². The molecule has 0 aromatic heterocycles. The first-order valence-electron chi connectivity index (χ1n) is 7.04. The van der Waals surface area contributed by atoms with Crippen molar-refractivity contribution in [3.63, 3.8) is 0 Å². The van der Waals surface area contributed by atoms with E-state index in [1.54, 1.807) is 0 Å². The minimum absolute atomic E-state index is 0.111. The minimum atomic E-state index is 0.111. The maximum absolute atomic E-state index is 9.21. The summed E-state index contributed by atoms with van der Waals surface area (Å²) in [6.07, 6.45) is 4.15. The van der Waals surface area contributed by atoms with E-state index in [9.17, 15) is 10.5 Å². The lowest BCUT2D eigenvalue weighted by atomic mass is 10.0. The zero-order chi connectivity index (χ0) is 14.7. The summed E-state index contributed by atoms with van der Waals surface area (Å²) in [4.78, 5) is 2.23. The van der Waals surface area contributed by atoms with Crippen molar-refractivity contribution in [1.29, 1.82) is 10.5 Å². The molecule has 0 N–H and O–H groups in total. The summed E-state index contributed by atoms with van der Waals surface area (Å²) in [5.41, 5.74) is 1.59. The predicted molar refractivity (Wildman–Crippen MR) is 78.4 cm³/mol. The molecule has 0 unspecified atom stereocenters. The van der Waals surface area contributed by atoms with Gasteiger partial charge in [-0.15, -0.1) is 0 Å². The largest absolute Gasteiger partial charge is 0.477 e. The van der Waals surface area contributed by atoms with E-state index in [0.29, 0.717) is 18.2 Å². The zero-order valence-corrected chi connectivity index (χ0v) is 11.6. The number of ether oxygens (including phenoxy) is 1. The Morgan fingerprint density at radius 2 is 2.00 bits per heavy atom. The summed E-state index contributed by atoms with van der Waals surface area (Å²) in [7, 11) is 0. The Morgan fingerprint density at radius 3 is 2.71 bits per heavy atom. The molecule has 2 heterocycles. The van der Waals surface area contributed by atoms with Crippen LogP contribution >= 0.6 is 0 Å². The molecule has 1 aromatic carbocycles. The van der Waals surface area contributed by atoms with Crippen molar-refractivity contribution in [3.05, 3.63) is 53.4 Å². The molecule has 0 saturated carbocycles. The molecule has 0 amide bonds. The average molecular weight is 277 g/mol. The fraction of sp³-hybridized carbons (Fsp3) is 0.294. The third-order valence-electron chi connectivity index (χ3n) is 3.93. The minimum Gasteiger partial charge on any atom is -0.477 e. The van der Waals surface area contributed by atoms with Crippen molar-refractivity contribution in [2.45, 2.75) is 18.9 Å². The van der Waals surface area contributed by atoms with Crippen LogP contribution in [0.25, 0.3) is 5.57 Å². The lowest BCUT2D eigenvalue weighted by Gasteiger charge is -2.16. The maximum atomic E-state index is 9.21. The van der Waals surface area contributed by atoms with Crippen molar-refractivity contribution in [1.82, 2.24) is 4.90 Å². The molecule has 104 valence electrons. The average Bonchev–Trinajstić information content (AvgIpc) is 3.13. The molecule has 0 spiro atoms. The third kappa shape index (κ3) is 2.49. The van der Waals surface area contributed by atoms with E-state index in [0.717, 1.165) is 24.4 Å². The molecule has 21 heavy (non-hydrogen) atoms. The van der Waals surface area contributed by atoms with Crippen molar-refractivity contribution >= 4 is 5.57 Å². The fourth-order valence-electron chi connectivity index (χ4n) is 2.87. The molecule has 0 bridgehead atoms. The van der Waals surface area contributed by atoms with Crippen LogP contribution < -0.4 is 0 Å². The lowest BCUT2D eigenvalue weighted by molar-refractivity contribution is 0.233. The fourth-order valence-corrected chi connectivity index (χ4v) is 2.87. The van der Waals surface area contributed by atoms with Crippen molar-refractivity contribution < 1.29 is 4.74 Å². The molecule has 2 fully saturated rings. The lowest BCUT2D eigenvalue weighted by Crippen LogP contribution is -2.22. The third-order valence-corrected chi connectivity index (χ3v) is 3.93. The highest BCUT2D eigenvalue weighted by Gasteiger charge is 2.33. The molecule has 0 radical (unpaired) electrons. The SMILES string of the molecule is N#CC(C#N)=C(/C=C1\OC[C@H]2CCCN12)c1ccccc1. The molecule has 4 heteroatoms. The van der Waals surface area contributed by atoms with E-state index >= 15 is 0 Å². The summed E-state index contributed by atoms with van der Waals surface area (Å²) >= 11 is 0. The second-order valence-electron chi connectivity index (χ2n) is 5.16. The van der Waals surface area contributed by atoms with E-state index in [-0.39, 0.29) is 5.57 Å². The first kappa shape index (κ1) is 13.3. The van der Waals surface area contributed by atoms with E-state index in [2.05, 4.69) is 4.90 Å². The number of rotatable bonds is 2. The summed E-state index contributed by atoms with van der Waals surface area (Å²) < 4.78 is 5.75. The highest BCUT2D eigenvalue weighted by atomic mass is 16.5. The first-order chi connectivity index (χ1) is 10.3. The van der Waals surface area contributed by atoms with Crippen LogP contribution in [0.1, 0.15) is 18.4 Å². The topological polar surface area (TPSA) is 60.1 Å². The van der Waals surface area contributed by atoms with Crippen molar-refractivity contribution in [2.24, 2.45) is 0 Å². The Kier molecular flexibility index (Phi) is 3.62. The highest BCUT2D eigenvalue weighted by molar-refractivity contribution is 5.82. The quantitative estimate of drug-likeness (QED) is 0.780. The van der Waals surface area contributed by atoms with Gasteiger partial charge in [-0.3, -0.25) is 0 Å². The Bertz CT molecular complexity index is 660. The first-order valence-corrected chi connectivity index (χ1v) is 7.04. The summed E-state index contributed by atoms with van der Waals surface area (Å²) in [5, 5.41) is 18.4. The van der Waals surface area contributed by atoms with Gasteiger partial charge in [0.2, 0.25) is 0 Å². The van der Waals surface area contributed by atoms with Gasteiger partial charge in [-0.05, 0) is 18.4 Å². The molecule has 2 aliphatic rings. The maximum Gasteiger partial charge on any atom is 0.190 e.